The van der Waals surface area contributed by atoms with Crippen LogP contribution in [0.3, 0.4) is 0 Å². The van der Waals surface area contributed by atoms with E-state index in [1.807, 2.05) is 12.1 Å². The van der Waals surface area contributed by atoms with Gasteiger partial charge < -0.3 is 9.47 Å². The molecule has 0 spiro atoms. The zero-order chi connectivity index (χ0) is 11.5. The number of methoxy groups -OCH3 is 1. The van der Waals surface area contributed by atoms with Crippen molar-refractivity contribution in [3.63, 3.8) is 0 Å². The van der Waals surface area contributed by atoms with Crippen LogP contribution < -0.4 is 4.74 Å². The number of benzene rings is 1. The van der Waals surface area contributed by atoms with Gasteiger partial charge in [-0.1, -0.05) is 24.3 Å². The van der Waals surface area contributed by atoms with Gasteiger partial charge >= 0.3 is 0 Å². The highest BCUT2D eigenvalue weighted by Crippen LogP contribution is 2.34. The fourth-order valence-corrected chi connectivity index (χ4v) is 2.14. The summed E-state index contributed by atoms with van der Waals surface area (Å²) in [6.07, 6.45) is 2.33. The van der Waals surface area contributed by atoms with Gasteiger partial charge in [0, 0.05) is 0 Å². The fourth-order valence-electron chi connectivity index (χ4n) is 2.14. The maximum atomic E-state index is 5.91. The fraction of sp³-hybridized carbons (Fsp3) is 0.429. The molecule has 0 aromatic heterocycles. The van der Waals surface area contributed by atoms with E-state index in [0.29, 0.717) is 0 Å². The molecular formula is C14H18O2. The van der Waals surface area contributed by atoms with Crippen molar-refractivity contribution >= 4 is 0 Å². The Bertz CT molecular complexity index is 367. The molecule has 0 aliphatic carbocycles. The molecule has 1 aliphatic heterocycles. The summed E-state index contributed by atoms with van der Waals surface area (Å²) >= 11 is 0. The van der Waals surface area contributed by atoms with E-state index in [1.165, 1.54) is 11.1 Å². The van der Waals surface area contributed by atoms with Crippen molar-refractivity contribution in [2.45, 2.75) is 32.0 Å². The van der Waals surface area contributed by atoms with Crippen LogP contribution in [0.15, 0.2) is 36.4 Å². The first-order valence-corrected chi connectivity index (χ1v) is 5.65. The molecule has 1 aromatic carbocycles. The molecule has 0 N–H and O–H groups in total. The van der Waals surface area contributed by atoms with Crippen LogP contribution in [0.25, 0.3) is 0 Å². The van der Waals surface area contributed by atoms with Gasteiger partial charge in [-0.25, -0.2) is 0 Å². The van der Waals surface area contributed by atoms with Gasteiger partial charge in [-0.3, -0.25) is 0 Å². The minimum Gasteiger partial charge on any atom is -0.497 e. The molecule has 86 valence electrons. The summed E-state index contributed by atoms with van der Waals surface area (Å²) in [5.74, 6) is 0.881. The first-order valence-electron chi connectivity index (χ1n) is 5.65. The Morgan fingerprint density at radius 1 is 1.25 bits per heavy atom. The molecule has 2 heteroatoms. The normalized spacial score (nSPS) is 25.5. The topological polar surface area (TPSA) is 18.5 Å². The second-order valence-corrected chi connectivity index (χ2v) is 4.37. The van der Waals surface area contributed by atoms with Gasteiger partial charge in [0.1, 0.15) is 5.75 Å². The van der Waals surface area contributed by atoms with E-state index in [4.69, 9.17) is 9.47 Å². The van der Waals surface area contributed by atoms with Gasteiger partial charge in [-0.2, -0.15) is 0 Å². The maximum Gasteiger partial charge on any atom is 0.118 e. The summed E-state index contributed by atoms with van der Waals surface area (Å²) in [5, 5.41) is 0. The van der Waals surface area contributed by atoms with Crippen molar-refractivity contribution in [1.29, 1.82) is 0 Å². The van der Waals surface area contributed by atoms with E-state index in [0.717, 1.165) is 18.6 Å². The predicted molar refractivity (Wildman–Crippen MR) is 64.7 cm³/mol. The van der Waals surface area contributed by atoms with Crippen LogP contribution in [0.1, 0.15) is 31.4 Å². The summed E-state index contributed by atoms with van der Waals surface area (Å²) in [7, 11) is 1.68. The average molecular weight is 218 g/mol. The lowest BCUT2D eigenvalue weighted by molar-refractivity contribution is -0.0224. The van der Waals surface area contributed by atoms with E-state index < -0.39 is 0 Å². The Kier molecular flexibility index (Phi) is 3.30. The van der Waals surface area contributed by atoms with Gasteiger partial charge in [-0.05, 0) is 37.5 Å². The molecule has 16 heavy (non-hydrogen) atoms. The van der Waals surface area contributed by atoms with Crippen LogP contribution in [-0.2, 0) is 4.74 Å². The lowest BCUT2D eigenvalue weighted by Gasteiger charge is -2.29. The number of hydrogen-bond donors (Lipinski definition) is 0. The predicted octanol–water partition coefficient (Wildman–Crippen LogP) is 3.49. The van der Waals surface area contributed by atoms with Crippen LogP contribution >= 0.6 is 0 Å². The molecule has 2 atom stereocenters. The molecule has 1 aliphatic rings. The van der Waals surface area contributed by atoms with Crippen LogP contribution in [0, 0.1) is 0 Å². The van der Waals surface area contributed by atoms with Crippen molar-refractivity contribution < 1.29 is 9.47 Å². The van der Waals surface area contributed by atoms with Gasteiger partial charge in [0.25, 0.3) is 0 Å². The van der Waals surface area contributed by atoms with Crippen LogP contribution in [0.4, 0.5) is 0 Å². The third-order valence-corrected chi connectivity index (χ3v) is 2.93. The van der Waals surface area contributed by atoms with Gasteiger partial charge in [-0.15, -0.1) is 0 Å². The van der Waals surface area contributed by atoms with Crippen molar-refractivity contribution in [3.8, 4) is 5.75 Å². The Hall–Kier alpha value is -1.28. The monoisotopic (exact) mass is 218 g/mol. The molecule has 2 nitrogen and oxygen atoms in total. The van der Waals surface area contributed by atoms with E-state index in [-0.39, 0.29) is 12.2 Å². The largest absolute Gasteiger partial charge is 0.497 e. The highest BCUT2D eigenvalue weighted by Gasteiger charge is 2.22. The lowest BCUT2D eigenvalue weighted by Crippen LogP contribution is -2.20. The third kappa shape index (κ3) is 2.45. The SMILES string of the molecule is C=C1C[C@@H](C)O[C@H](c2ccc(OC)cc2)C1. The van der Waals surface area contributed by atoms with E-state index in [9.17, 15) is 0 Å². The quantitative estimate of drug-likeness (QED) is 0.707. The third-order valence-electron chi connectivity index (χ3n) is 2.93. The van der Waals surface area contributed by atoms with E-state index >= 15 is 0 Å². The second-order valence-electron chi connectivity index (χ2n) is 4.37. The first kappa shape index (κ1) is 11.2. The van der Waals surface area contributed by atoms with Crippen molar-refractivity contribution in [2.24, 2.45) is 0 Å². The first-order chi connectivity index (χ1) is 7.69. The minimum absolute atomic E-state index is 0.155. The molecule has 0 bridgehead atoms. The summed E-state index contributed by atoms with van der Waals surface area (Å²) in [5.41, 5.74) is 2.48. The molecule has 0 radical (unpaired) electrons. The van der Waals surface area contributed by atoms with Crippen LogP contribution in [-0.4, -0.2) is 13.2 Å². The van der Waals surface area contributed by atoms with Crippen molar-refractivity contribution in [3.05, 3.63) is 42.0 Å². The highest BCUT2D eigenvalue weighted by atomic mass is 16.5. The molecule has 0 amide bonds. The van der Waals surface area contributed by atoms with Gasteiger partial charge in [0.2, 0.25) is 0 Å². The zero-order valence-electron chi connectivity index (χ0n) is 9.90. The van der Waals surface area contributed by atoms with Crippen molar-refractivity contribution in [2.75, 3.05) is 7.11 Å². The molecule has 1 heterocycles. The molecule has 1 fully saturated rings. The highest BCUT2D eigenvalue weighted by molar-refractivity contribution is 5.29. The van der Waals surface area contributed by atoms with Gasteiger partial charge in [0.05, 0.1) is 19.3 Å². The Morgan fingerprint density at radius 3 is 2.50 bits per heavy atom. The Labute approximate surface area is 96.9 Å². The molecule has 1 saturated heterocycles. The Morgan fingerprint density at radius 2 is 1.94 bits per heavy atom. The lowest BCUT2D eigenvalue weighted by atomic mass is 9.95. The van der Waals surface area contributed by atoms with E-state index in [2.05, 4.69) is 25.6 Å². The average Bonchev–Trinajstić information content (AvgIpc) is 2.28. The summed E-state index contributed by atoms with van der Waals surface area (Å²) in [6.45, 7) is 6.17. The number of ether oxygens (including phenoxy) is 2. The molecule has 1 aromatic rings. The zero-order valence-corrected chi connectivity index (χ0v) is 9.90. The Balaban J connectivity index is 2.13. The smallest absolute Gasteiger partial charge is 0.118 e. The summed E-state index contributed by atoms with van der Waals surface area (Å²) < 4.78 is 11.1. The number of hydrogen-bond acceptors (Lipinski definition) is 2. The minimum atomic E-state index is 0.155. The standard InChI is InChI=1S/C14H18O2/c1-10-8-11(2)16-14(9-10)12-4-6-13(15-3)7-5-12/h4-7,11,14H,1,8-9H2,2-3H3/t11-,14+/m1/s1. The van der Waals surface area contributed by atoms with E-state index in [1.54, 1.807) is 7.11 Å². The van der Waals surface area contributed by atoms with Crippen LogP contribution in [0.5, 0.6) is 5.75 Å². The second kappa shape index (κ2) is 4.71. The molecular weight excluding hydrogens is 200 g/mol. The van der Waals surface area contributed by atoms with Crippen LogP contribution in [0.2, 0.25) is 0 Å². The number of rotatable bonds is 2. The molecule has 0 saturated carbocycles. The van der Waals surface area contributed by atoms with Gasteiger partial charge in [0.15, 0.2) is 0 Å². The summed E-state index contributed by atoms with van der Waals surface area (Å²) in [6, 6.07) is 8.07. The van der Waals surface area contributed by atoms with Crippen molar-refractivity contribution in [1.82, 2.24) is 0 Å². The summed E-state index contributed by atoms with van der Waals surface area (Å²) in [4.78, 5) is 0. The molecule has 2 rings (SSSR count). The maximum absolute atomic E-state index is 5.91. The molecule has 0 unspecified atom stereocenters.